The molecule has 106 valence electrons. The van der Waals surface area contributed by atoms with Gasteiger partial charge >= 0.3 is 5.97 Å². The van der Waals surface area contributed by atoms with Gasteiger partial charge in [0, 0.05) is 7.05 Å². The second kappa shape index (κ2) is 5.20. The van der Waals surface area contributed by atoms with Crippen LogP contribution in [0, 0.1) is 5.82 Å². The van der Waals surface area contributed by atoms with E-state index in [1.54, 1.807) is 7.05 Å². The Morgan fingerprint density at radius 1 is 1.35 bits per heavy atom. The zero-order chi connectivity index (χ0) is 14.9. The molecule has 1 N–H and O–H groups in total. The van der Waals surface area contributed by atoms with Gasteiger partial charge in [-0.25, -0.2) is 9.18 Å². The lowest BCUT2D eigenvalue weighted by Crippen LogP contribution is -2.01. The summed E-state index contributed by atoms with van der Waals surface area (Å²) >= 11 is 0. The fraction of sp³-hybridized carbons (Fsp3) is 0.231. The van der Waals surface area contributed by atoms with Crippen LogP contribution in [0.2, 0.25) is 0 Å². The second-order valence-electron chi connectivity index (χ2n) is 4.00. The topological polar surface area (TPSA) is 73.6 Å². The van der Waals surface area contributed by atoms with E-state index < -0.39 is 11.8 Å². The minimum atomic E-state index is -1.17. The van der Waals surface area contributed by atoms with Gasteiger partial charge in [-0.15, -0.1) is 0 Å². The maximum Gasteiger partial charge on any atom is 0.356 e. The Kier molecular flexibility index (Phi) is 3.60. The van der Waals surface area contributed by atoms with Crippen molar-refractivity contribution in [3.05, 3.63) is 29.7 Å². The number of benzene rings is 1. The molecule has 2 aromatic rings. The number of carboxylic acids is 1. The van der Waals surface area contributed by atoms with E-state index in [0.717, 1.165) is 0 Å². The molecule has 6 nitrogen and oxygen atoms in total. The fourth-order valence-electron chi connectivity index (χ4n) is 1.96. The molecule has 0 fully saturated rings. The van der Waals surface area contributed by atoms with Crippen LogP contribution >= 0.6 is 0 Å². The molecule has 0 aliphatic heterocycles. The SMILES string of the molecule is COc1ccc(F)c(OC)c1-c1cc(C(=O)O)nn1C. The average molecular weight is 280 g/mol. The lowest BCUT2D eigenvalue weighted by Gasteiger charge is -2.13. The second-order valence-corrected chi connectivity index (χ2v) is 4.00. The molecule has 0 saturated carbocycles. The number of hydrogen-bond acceptors (Lipinski definition) is 4. The molecule has 0 unspecified atom stereocenters. The third-order valence-corrected chi connectivity index (χ3v) is 2.85. The summed E-state index contributed by atoms with van der Waals surface area (Å²) < 4.78 is 25.4. The lowest BCUT2D eigenvalue weighted by molar-refractivity contribution is 0.0689. The summed E-state index contributed by atoms with van der Waals surface area (Å²) in [6, 6.07) is 4.00. The van der Waals surface area contributed by atoms with Crippen molar-refractivity contribution in [1.29, 1.82) is 0 Å². The van der Waals surface area contributed by atoms with Crippen LogP contribution in [0.4, 0.5) is 4.39 Å². The molecule has 2 rings (SSSR count). The van der Waals surface area contributed by atoms with E-state index in [0.29, 0.717) is 17.0 Å². The summed E-state index contributed by atoms with van der Waals surface area (Å²) in [5.41, 5.74) is 0.559. The monoisotopic (exact) mass is 280 g/mol. The molecular formula is C13H13FN2O4. The molecular weight excluding hydrogens is 267 g/mol. The summed E-state index contributed by atoms with van der Waals surface area (Å²) in [5.74, 6) is -1.39. The molecule has 0 amide bonds. The molecule has 1 aromatic heterocycles. The Hall–Kier alpha value is -2.57. The quantitative estimate of drug-likeness (QED) is 0.926. The number of aromatic nitrogens is 2. The highest BCUT2D eigenvalue weighted by Gasteiger charge is 2.22. The number of nitrogens with zero attached hydrogens (tertiary/aromatic N) is 2. The normalized spacial score (nSPS) is 10.4. The largest absolute Gasteiger partial charge is 0.496 e. The number of rotatable bonds is 4. The summed E-state index contributed by atoms with van der Waals surface area (Å²) in [6.07, 6.45) is 0. The van der Waals surface area contributed by atoms with Gasteiger partial charge in [-0.05, 0) is 18.2 Å². The maximum absolute atomic E-state index is 13.8. The van der Waals surface area contributed by atoms with Crippen molar-refractivity contribution in [2.45, 2.75) is 0 Å². The van der Waals surface area contributed by atoms with Crippen LogP contribution in [-0.2, 0) is 7.05 Å². The Morgan fingerprint density at radius 3 is 2.55 bits per heavy atom. The zero-order valence-corrected chi connectivity index (χ0v) is 11.2. The van der Waals surface area contributed by atoms with Crippen molar-refractivity contribution < 1.29 is 23.8 Å². The van der Waals surface area contributed by atoms with Crippen molar-refractivity contribution in [3.63, 3.8) is 0 Å². The van der Waals surface area contributed by atoms with Crippen LogP contribution in [0.3, 0.4) is 0 Å². The minimum absolute atomic E-state index is 0.0238. The third-order valence-electron chi connectivity index (χ3n) is 2.85. The number of hydrogen-bond donors (Lipinski definition) is 1. The number of carbonyl (C=O) groups is 1. The smallest absolute Gasteiger partial charge is 0.356 e. The van der Waals surface area contributed by atoms with Crippen LogP contribution < -0.4 is 9.47 Å². The molecule has 0 atom stereocenters. The number of halogens is 1. The third kappa shape index (κ3) is 2.18. The summed E-state index contributed by atoms with van der Waals surface area (Å²) in [7, 11) is 4.33. The Morgan fingerprint density at radius 2 is 2.05 bits per heavy atom. The van der Waals surface area contributed by atoms with Gasteiger partial charge in [0.25, 0.3) is 0 Å². The maximum atomic E-state index is 13.8. The number of carboxylic acid groups (broad SMARTS) is 1. The number of aryl methyl sites for hydroxylation is 1. The Bertz CT molecular complexity index is 667. The van der Waals surface area contributed by atoms with Gasteiger partial charge in [0.05, 0.1) is 25.5 Å². The molecule has 0 spiro atoms. The van der Waals surface area contributed by atoms with E-state index in [9.17, 15) is 9.18 Å². The molecule has 0 saturated heterocycles. The van der Waals surface area contributed by atoms with Gasteiger partial charge in [-0.1, -0.05) is 0 Å². The Balaban J connectivity index is 2.73. The average Bonchev–Trinajstić information content (AvgIpc) is 2.80. The highest BCUT2D eigenvalue weighted by Crippen LogP contribution is 2.40. The number of methoxy groups -OCH3 is 2. The van der Waals surface area contributed by atoms with E-state index in [4.69, 9.17) is 14.6 Å². The molecule has 0 bridgehead atoms. The number of ether oxygens (including phenoxy) is 2. The van der Waals surface area contributed by atoms with Crippen LogP contribution in [-0.4, -0.2) is 35.1 Å². The van der Waals surface area contributed by atoms with Crippen LogP contribution in [0.5, 0.6) is 11.5 Å². The van der Waals surface area contributed by atoms with E-state index in [1.165, 1.54) is 37.1 Å². The van der Waals surface area contributed by atoms with Gasteiger partial charge in [0.1, 0.15) is 5.75 Å². The molecule has 1 aromatic carbocycles. The standard InChI is InChI=1S/C13H13FN2O4/c1-16-9(6-8(15-16)13(17)18)11-10(19-2)5-4-7(14)12(11)20-3/h4-6H,1-3H3,(H,17,18). The highest BCUT2D eigenvalue weighted by atomic mass is 19.1. The fourth-order valence-corrected chi connectivity index (χ4v) is 1.96. The van der Waals surface area contributed by atoms with Crippen molar-refractivity contribution in [1.82, 2.24) is 9.78 Å². The van der Waals surface area contributed by atoms with Crippen molar-refractivity contribution in [2.24, 2.45) is 7.05 Å². The van der Waals surface area contributed by atoms with Crippen molar-refractivity contribution in [2.75, 3.05) is 14.2 Å². The summed E-state index contributed by atoms with van der Waals surface area (Å²) in [4.78, 5) is 11.0. The van der Waals surface area contributed by atoms with Gasteiger partial charge in [-0.3, -0.25) is 4.68 Å². The van der Waals surface area contributed by atoms with E-state index in [2.05, 4.69) is 5.10 Å². The first-order valence-corrected chi connectivity index (χ1v) is 5.67. The number of aromatic carboxylic acids is 1. The molecule has 0 aliphatic carbocycles. The van der Waals surface area contributed by atoms with Crippen molar-refractivity contribution in [3.8, 4) is 22.8 Å². The Labute approximate surface area is 114 Å². The molecule has 7 heteroatoms. The van der Waals surface area contributed by atoms with Crippen LogP contribution in [0.1, 0.15) is 10.5 Å². The van der Waals surface area contributed by atoms with Gasteiger partial charge in [0.15, 0.2) is 17.3 Å². The summed E-state index contributed by atoms with van der Waals surface area (Å²) in [5, 5.41) is 12.8. The molecule has 20 heavy (non-hydrogen) atoms. The van der Waals surface area contributed by atoms with E-state index >= 15 is 0 Å². The zero-order valence-electron chi connectivity index (χ0n) is 11.2. The first-order chi connectivity index (χ1) is 9.49. The molecule has 1 heterocycles. The predicted molar refractivity (Wildman–Crippen MR) is 68.7 cm³/mol. The van der Waals surface area contributed by atoms with Crippen LogP contribution in [0.15, 0.2) is 18.2 Å². The van der Waals surface area contributed by atoms with E-state index in [-0.39, 0.29) is 11.4 Å². The van der Waals surface area contributed by atoms with E-state index in [1.807, 2.05) is 0 Å². The first kappa shape index (κ1) is 13.9. The van der Waals surface area contributed by atoms with Crippen molar-refractivity contribution >= 4 is 5.97 Å². The highest BCUT2D eigenvalue weighted by molar-refractivity contribution is 5.88. The van der Waals surface area contributed by atoms with Gasteiger partial charge in [-0.2, -0.15) is 5.10 Å². The molecule has 0 aliphatic rings. The summed E-state index contributed by atoms with van der Waals surface area (Å²) in [6.45, 7) is 0. The first-order valence-electron chi connectivity index (χ1n) is 5.67. The minimum Gasteiger partial charge on any atom is -0.496 e. The molecule has 0 radical (unpaired) electrons. The van der Waals surface area contributed by atoms with Gasteiger partial charge < -0.3 is 14.6 Å². The lowest BCUT2D eigenvalue weighted by atomic mass is 10.1. The van der Waals surface area contributed by atoms with Gasteiger partial charge in [0.2, 0.25) is 0 Å². The predicted octanol–water partition coefficient (Wildman–Crippen LogP) is 1.94. The van der Waals surface area contributed by atoms with Crippen LogP contribution in [0.25, 0.3) is 11.3 Å².